The van der Waals surface area contributed by atoms with Crippen molar-refractivity contribution in [3.8, 4) is 0 Å². The molecule has 0 saturated carbocycles. The number of aryl methyl sites for hydroxylation is 1. The Labute approximate surface area is 178 Å². The molecule has 1 N–H and O–H groups in total. The SMILES string of the molecule is Cc1cccc(N2CCN(CC(=O)N3c4ccccc4NC(=O)C[C@@H]3C)CC2)c1C. The van der Waals surface area contributed by atoms with Gasteiger partial charge in [-0.3, -0.25) is 14.5 Å². The zero-order valence-electron chi connectivity index (χ0n) is 18.0. The van der Waals surface area contributed by atoms with E-state index >= 15 is 0 Å². The van der Waals surface area contributed by atoms with Crippen LogP contribution in [0.5, 0.6) is 0 Å². The summed E-state index contributed by atoms with van der Waals surface area (Å²) in [4.78, 5) is 31.9. The molecule has 2 heterocycles. The van der Waals surface area contributed by atoms with E-state index in [1.54, 1.807) is 4.90 Å². The summed E-state index contributed by atoms with van der Waals surface area (Å²) in [5, 5.41) is 2.92. The Balaban J connectivity index is 1.44. The van der Waals surface area contributed by atoms with Gasteiger partial charge in [0.1, 0.15) is 0 Å². The molecule has 0 bridgehead atoms. The normalized spacial score (nSPS) is 19.8. The van der Waals surface area contributed by atoms with Crippen molar-refractivity contribution in [3.63, 3.8) is 0 Å². The molecule has 0 spiro atoms. The molecule has 2 aliphatic heterocycles. The highest BCUT2D eigenvalue weighted by molar-refractivity contribution is 6.04. The first-order chi connectivity index (χ1) is 14.4. The maximum Gasteiger partial charge on any atom is 0.241 e. The number of para-hydroxylation sites is 2. The molecule has 6 heteroatoms. The minimum atomic E-state index is -0.169. The van der Waals surface area contributed by atoms with Gasteiger partial charge < -0.3 is 15.1 Å². The van der Waals surface area contributed by atoms with Crippen molar-refractivity contribution in [1.82, 2.24) is 4.90 Å². The van der Waals surface area contributed by atoms with E-state index < -0.39 is 0 Å². The van der Waals surface area contributed by atoms with Gasteiger partial charge in [0.05, 0.1) is 17.9 Å². The Morgan fingerprint density at radius 1 is 1.00 bits per heavy atom. The first-order valence-corrected chi connectivity index (χ1v) is 10.7. The van der Waals surface area contributed by atoms with Crippen LogP contribution in [0.25, 0.3) is 0 Å². The number of nitrogens with one attached hydrogen (secondary N) is 1. The summed E-state index contributed by atoms with van der Waals surface area (Å²) in [6.07, 6.45) is 0.306. The maximum absolute atomic E-state index is 13.3. The molecule has 30 heavy (non-hydrogen) atoms. The van der Waals surface area contributed by atoms with Gasteiger partial charge in [-0.1, -0.05) is 24.3 Å². The van der Waals surface area contributed by atoms with Crippen molar-refractivity contribution in [2.45, 2.75) is 33.2 Å². The molecular weight excluding hydrogens is 376 g/mol. The molecule has 4 rings (SSSR count). The summed E-state index contributed by atoms with van der Waals surface area (Å²) in [6.45, 7) is 10.1. The lowest BCUT2D eigenvalue weighted by atomic mass is 10.1. The fourth-order valence-corrected chi connectivity index (χ4v) is 4.46. The molecule has 0 radical (unpaired) electrons. The number of fused-ring (bicyclic) bond motifs is 1. The Bertz CT molecular complexity index is 950. The molecule has 158 valence electrons. The zero-order valence-corrected chi connectivity index (χ0v) is 18.0. The molecule has 0 unspecified atom stereocenters. The predicted molar refractivity (Wildman–Crippen MR) is 121 cm³/mol. The number of hydrogen-bond donors (Lipinski definition) is 1. The standard InChI is InChI=1S/C24H30N4O2/c1-17-7-6-10-21(19(17)3)27-13-11-26(12-14-27)16-24(30)28-18(2)15-23(29)25-20-8-4-5-9-22(20)28/h4-10,18H,11-16H2,1-3H3,(H,25,29)/t18-/m0/s1. The summed E-state index contributed by atoms with van der Waals surface area (Å²) in [5.74, 6) is -0.000903. The predicted octanol–water partition coefficient (Wildman–Crippen LogP) is 3.19. The lowest BCUT2D eigenvalue weighted by Crippen LogP contribution is -2.51. The number of hydrogen-bond acceptors (Lipinski definition) is 4. The first kappa shape index (κ1) is 20.4. The fourth-order valence-electron chi connectivity index (χ4n) is 4.46. The zero-order chi connectivity index (χ0) is 21.3. The van der Waals surface area contributed by atoms with Crippen LogP contribution in [0.15, 0.2) is 42.5 Å². The molecule has 1 atom stereocenters. The highest BCUT2D eigenvalue weighted by atomic mass is 16.2. The van der Waals surface area contributed by atoms with E-state index in [-0.39, 0.29) is 17.9 Å². The largest absolute Gasteiger partial charge is 0.369 e. The average Bonchev–Trinajstić information content (AvgIpc) is 2.85. The van der Waals surface area contributed by atoms with Crippen molar-refractivity contribution >= 4 is 28.9 Å². The minimum Gasteiger partial charge on any atom is -0.369 e. The van der Waals surface area contributed by atoms with Crippen LogP contribution in [0.2, 0.25) is 0 Å². The third-order valence-corrected chi connectivity index (χ3v) is 6.28. The Morgan fingerprint density at radius 3 is 2.47 bits per heavy atom. The molecular formula is C24H30N4O2. The summed E-state index contributed by atoms with van der Waals surface area (Å²) in [7, 11) is 0. The van der Waals surface area contributed by atoms with E-state index in [1.807, 2.05) is 31.2 Å². The second-order valence-electron chi connectivity index (χ2n) is 8.36. The van der Waals surface area contributed by atoms with E-state index in [2.05, 4.69) is 47.2 Å². The molecule has 2 aromatic carbocycles. The van der Waals surface area contributed by atoms with Gasteiger partial charge in [-0.15, -0.1) is 0 Å². The minimum absolute atomic E-state index is 0.0478. The molecule has 0 aliphatic carbocycles. The number of amides is 2. The van der Waals surface area contributed by atoms with Crippen molar-refractivity contribution in [2.75, 3.05) is 47.8 Å². The van der Waals surface area contributed by atoms with Gasteiger partial charge in [0.15, 0.2) is 0 Å². The van der Waals surface area contributed by atoms with Gasteiger partial charge in [-0.2, -0.15) is 0 Å². The lowest BCUT2D eigenvalue weighted by Gasteiger charge is -2.38. The summed E-state index contributed by atoms with van der Waals surface area (Å²) < 4.78 is 0. The lowest BCUT2D eigenvalue weighted by molar-refractivity contribution is -0.120. The smallest absolute Gasteiger partial charge is 0.241 e. The second kappa shape index (κ2) is 8.48. The van der Waals surface area contributed by atoms with Gasteiger partial charge in [-0.05, 0) is 50.1 Å². The van der Waals surface area contributed by atoms with E-state index in [0.29, 0.717) is 18.7 Å². The second-order valence-corrected chi connectivity index (χ2v) is 8.36. The Hall–Kier alpha value is -2.86. The fraction of sp³-hybridized carbons (Fsp3) is 0.417. The molecule has 6 nitrogen and oxygen atoms in total. The number of benzene rings is 2. The van der Waals surface area contributed by atoms with Crippen molar-refractivity contribution in [3.05, 3.63) is 53.6 Å². The van der Waals surface area contributed by atoms with E-state index in [1.165, 1.54) is 16.8 Å². The number of rotatable bonds is 3. The van der Waals surface area contributed by atoms with Crippen LogP contribution in [-0.2, 0) is 9.59 Å². The highest BCUT2D eigenvalue weighted by Gasteiger charge is 2.31. The molecule has 2 amide bonds. The van der Waals surface area contributed by atoms with Crippen LogP contribution < -0.4 is 15.1 Å². The van der Waals surface area contributed by atoms with E-state index in [9.17, 15) is 9.59 Å². The van der Waals surface area contributed by atoms with Gasteiger partial charge >= 0.3 is 0 Å². The third-order valence-electron chi connectivity index (χ3n) is 6.28. The number of nitrogens with zero attached hydrogens (tertiary/aromatic N) is 3. The van der Waals surface area contributed by atoms with Crippen LogP contribution in [0.3, 0.4) is 0 Å². The monoisotopic (exact) mass is 406 g/mol. The maximum atomic E-state index is 13.3. The quantitative estimate of drug-likeness (QED) is 0.851. The van der Waals surface area contributed by atoms with E-state index in [0.717, 1.165) is 31.9 Å². The molecule has 2 aliphatic rings. The van der Waals surface area contributed by atoms with Crippen molar-refractivity contribution in [1.29, 1.82) is 0 Å². The van der Waals surface area contributed by atoms with E-state index in [4.69, 9.17) is 0 Å². The molecule has 1 fully saturated rings. The topological polar surface area (TPSA) is 55.9 Å². The average molecular weight is 407 g/mol. The first-order valence-electron chi connectivity index (χ1n) is 10.7. The van der Waals surface area contributed by atoms with Crippen LogP contribution in [0, 0.1) is 13.8 Å². The number of piperazine rings is 1. The molecule has 0 aromatic heterocycles. The Kier molecular flexibility index (Phi) is 5.77. The molecule has 1 saturated heterocycles. The molecule has 2 aromatic rings. The number of anilines is 3. The number of carbonyl (C=O) groups is 2. The van der Waals surface area contributed by atoms with Crippen LogP contribution in [0.1, 0.15) is 24.5 Å². The van der Waals surface area contributed by atoms with Crippen LogP contribution in [-0.4, -0.2) is 55.5 Å². The summed E-state index contributed by atoms with van der Waals surface area (Å²) >= 11 is 0. The highest BCUT2D eigenvalue weighted by Crippen LogP contribution is 2.31. The Morgan fingerprint density at radius 2 is 1.70 bits per heavy atom. The summed E-state index contributed by atoms with van der Waals surface area (Å²) in [6, 6.07) is 13.8. The number of carbonyl (C=O) groups excluding carboxylic acids is 2. The van der Waals surface area contributed by atoms with Gasteiger partial charge in [0.2, 0.25) is 11.8 Å². The van der Waals surface area contributed by atoms with Gasteiger partial charge in [0.25, 0.3) is 0 Å². The van der Waals surface area contributed by atoms with Crippen molar-refractivity contribution < 1.29 is 9.59 Å². The van der Waals surface area contributed by atoms with Gasteiger partial charge in [0, 0.05) is 44.3 Å². The third kappa shape index (κ3) is 4.05. The van der Waals surface area contributed by atoms with Crippen molar-refractivity contribution in [2.24, 2.45) is 0 Å². The van der Waals surface area contributed by atoms with Crippen LogP contribution in [0.4, 0.5) is 17.1 Å². The van der Waals surface area contributed by atoms with Gasteiger partial charge in [-0.25, -0.2) is 0 Å². The summed E-state index contributed by atoms with van der Waals surface area (Å²) in [5.41, 5.74) is 5.42. The van der Waals surface area contributed by atoms with Crippen LogP contribution >= 0.6 is 0 Å².